The Kier molecular flexibility index (Phi) is 7.70. The third kappa shape index (κ3) is 4.60. The second-order valence-electron chi connectivity index (χ2n) is 7.71. The van der Waals surface area contributed by atoms with Crippen molar-refractivity contribution in [1.29, 1.82) is 0 Å². The first-order valence-electron chi connectivity index (χ1n) is 10.8. The number of ether oxygens (including phenoxy) is 2. The van der Waals surface area contributed by atoms with Gasteiger partial charge in [-0.3, -0.25) is 0 Å². The van der Waals surface area contributed by atoms with Crippen molar-refractivity contribution < 1.29 is 18.3 Å². The van der Waals surface area contributed by atoms with E-state index < -0.39 is 11.6 Å². The lowest BCUT2D eigenvalue weighted by Gasteiger charge is -2.16. The van der Waals surface area contributed by atoms with Gasteiger partial charge in [-0.2, -0.15) is 0 Å². The molecule has 0 unspecified atom stereocenters. The van der Waals surface area contributed by atoms with Crippen LogP contribution in [0.5, 0.6) is 11.8 Å². The maximum absolute atomic E-state index is 15.2. The van der Waals surface area contributed by atoms with E-state index in [2.05, 4.69) is 9.97 Å². The Bertz CT molecular complexity index is 1340. The van der Waals surface area contributed by atoms with Gasteiger partial charge in [-0.1, -0.05) is 35.3 Å². The van der Waals surface area contributed by atoms with Gasteiger partial charge in [-0.15, -0.1) is 0 Å². The fraction of sp³-hybridized carbons (Fsp3) is 0.154. The third-order valence-electron chi connectivity index (χ3n) is 5.69. The molecule has 0 aliphatic heterocycles. The summed E-state index contributed by atoms with van der Waals surface area (Å²) in [6.45, 7) is 0.440. The summed E-state index contributed by atoms with van der Waals surface area (Å²) < 4.78 is 41.0. The number of rotatable bonds is 7. The van der Waals surface area contributed by atoms with Crippen LogP contribution in [0.3, 0.4) is 0 Å². The van der Waals surface area contributed by atoms with E-state index in [1.165, 1.54) is 38.5 Å². The van der Waals surface area contributed by atoms with Gasteiger partial charge < -0.3 is 20.9 Å². The van der Waals surface area contributed by atoms with Crippen molar-refractivity contribution in [2.75, 3.05) is 14.2 Å². The number of nitrogens with zero attached hydrogens (tertiary/aromatic N) is 2. The minimum atomic E-state index is -0.753. The lowest BCUT2D eigenvalue weighted by molar-refractivity contribution is 0.393. The van der Waals surface area contributed by atoms with Crippen molar-refractivity contribution in [3.8, 4) is 45.4 Å². The predicted molar refractivity (Wildman–Crippen MR) is 137 cm³/mol. The average molecular weight is 531 g/mol. The summed E-state index contributed by atoms with van der Waals surface area (Å²) in [6, 6.07) is 12.1. The zero-order valence-electron chi connectivity index (χ0n) is 19.4. The molecule has 186 valence electrons. The number of aromatic nitrogens is 2. The summed E-state index contributed by atoms with van der Waals surface area (Å²) in [6.07, 6.45) is 0. The van der Waals surface area contributed by atoms with Gasteiger partial charge in [0.1, 0.15) is 11.6 Å². The normalized spacial score (nSPS) is 11.0. The summed E-state index contributed by atoms with van der Waals surface area (Å²) in [4.78, 5) is 8.87. The highest BCUT2D eigenvalue weighted by Gasteiger charge is 2.24. The third-order valence-corrected chi connectivity index (χ3v) is 6.47. The molecular weight excluding hydrogens is 509 g/mol. The van der Waals surface area contributed by atoms with Crippen LogP contribution in [-0.2, 0) is 13.1 Å². The number of benzene rings is 2. The zero-order chi connectivity index (χ0) is 26.0. The van der Waals surface area contributed by atoms with Gasteiger partial charge in [-0.05, 0) is 36.4 Å². The standard InChI is InChI=1S/C26H22Cl2F2N4O2/c1-35-25-13(11-31)3-9-19(33-25)15-5-7-17(29)21(23(15)27)22-18(30)8-6-16(24(22)28)20-10-4-14(12-32)26(34-20)36-2/h3-10H,11-12,31-32H2,1-2H3. The van der Waals surface area contributed by atoms with Crippen LogP contribution in [0.15, 0.2) is 48.5 Å². The van der Waals surface area contributed by atoms with Crippen molar-refractivity contribution in [3.05, 3.63) is 81.3 Å². The lowest BCUT2D eigenvalue weighted by atomic mass is 9.97. The smallest absolute Gasteiger partial charge is 0.218 e. The van der Waals surface area contributed by atoms with Crippen LogP contribution < -0.4 is 20.9 Å². The fourth-order valence-corrected chi connectivity index (χ4v) is 4.55. The quantitative estimate of drug-likeness (QED) is 0.304. The Balaban J connectivity index is 1.91. The minimum Gasteiger partial charge on any atom is -0.481 e. The van der Waals surface area contributed by atoms with E-state index in [1.54, 1.807) is 24.3 Å². The highest BCUT2D eigenvalue weighted by atomic mass is 35.5. The van der Waals surface area contributed by atoms with E-state index >= 15 is 8.78 Å². The lowest BCUT2D eigenvalue weighted by Crippen LogP contribution is -2.03. The molecule has 2 aromatic heterocycles. The highest BCUT2D eigenvalue weighted by molar-refractivity contribution is 6.39. The van der Waals surface area contributed by atoms with E-state index in [0.717, 1.165) is 0 Å². The Hall–Kier alpha value is -3.30. The first-order chi connectivity index (χ1) is 17.3. The largest absolute Gasteiger partial charge is 0.481 e. The number of halogens is 4. The Labute approximate surface area is 216 Å². The molecule has 0 saturated heterocycles. The molecule has 6 nitrogen and oxygen atoms in total. The molecule has 4 aromatic rings. The SMILES string of the molecule is COc1nc(-c2ccc(F)c(-c3c(F)ccc(-c4ccc(CN)c(OC)n4)c3Cl)c2Cl)ccc1CN. The van der Waals surface area contributed by atoms with E-state index in [9.17, 15) is 0 Å². The van der Waals surface area contributed by atoms with Crippen molar-refractivity contribution in [1.82, 2.24) is 9.97 Å². The monoisotopic (exact) mass is 530 g/mol. The molecule has 2 aromatic carbocycles. The van der Waals surface area contributed by atoms with Crippen molar-refractivity contribution >= 4 is 23.2 Å². The first kappa shape index (κ1) is 25.8. The van der Waals surface area contributed by atoms with Gasteiger partial charge in [0.25, 0.3) is 0 Å². The van der Waals surface area contributed by atoms with Crippen molar-refractivity contribution in [2.24, 2.45) is 11.5 Å². The van der Waals surface area contributed by atoms with Crippen LogP contribution in [0, 0.1) is 11.6 Å². The van der Waals surface area contributed by atoms with Crippen LogP contribution >= 0.6 is 23.2 Å². The van der Waals surface area contributed by atoms with Gasteiger partial charge >= 0.3 is 0 Å². The molecular formula is C26H22Cl2F2N4O2. The van der Waals surface area contributed by atoms with Crippen LogP contribution in [0.2, 0.25) is 10.0 Å². The summed E-state index contributed by atoms with van der Waals surface area (Å²) in [5.74, 6) is -0.888. The first-order valence-corrected chi connectivity index (χ1v) is 11.5. The molecule has 0 saturated carbocycles. The van der Waals surface area contributed by atoms with Gasteiger partial charge in [0.05, 0.1) is 35.7 Å². The molecule has 36 heavy (non-hydrogen) atoms. The number of nitrogens with two attached hydrogens (primary N) is 2. The zero-order valence-corrected chi connectivity index (χ0v) is 20.9. The van der Waals surface area contributed by atoms with Crippen LogP contribution in [0.4, 0.5) is 8.78 Å². The number of pyridine rings is 2. The van der Waals surface area contributed by atoms with Gasteiger partial charge in [-0.25, -0.2) is 18.7 Å². The molecule has 0 amide bonds. The Morgan fingerprint density at radius 2 is 1.06 bits per heavy atom. The number of hydrogen-bond donors (Lipinski definition) is 2. The maximum atomic E-state index is 15.2. The molecule has 0 spiro atoms. The minimum absolute atomic E-state index is 0.0629. The van der Waals surface area contributed by atoms with Crippen LogP contribution in [-0.4, -0.2) is 24.2 Å². The number of hydrogen-bond acceptors (Lipinski definition) is 6. The number of methoxy groups -OCH3 is 2. The fourth-order valence-electron chi connectivity index (χ4n) is 3.86. The van der Waals surface area contributed by atoms with E-state index in [0.29, 0.717) is 45.4 Å². The summed E-state index contributed by atoms with van der Waals surface area (Å²) in [5, 5.41) is -0.126. The molecule has 4 rings (SSSR count). The van der Waals surface area contributed by atoms with Crippen molar-refractivity contribution in [2.45, 2.75) is 13.1 Å². The second-order valence-corrected chi connectivity index (χ2v) is 8.46. The van der Waals surface area contributed by atoms with Crippen LogP contribution in [0.25, 0.3) is 33.6 Å². The van der Waals surface area contributed by atoms with Gasteiger partial charge in [0.2, 0.25) is 11.8 Å². The van der Waals surface area contributed by atoms with Crippen LogP contribution in [0.1, 0.15) is 11.1 Å². The summed E-state index contributed by atoms with van der Waals surface area (Å²) in [5.41, 5.74) is 13.9. The average Bonchev–Trinajstić information content (AvgIpc) is 2.89. The molecule has 0 aliphatic carbocycles. The van der Waals surface area contributed by atoms with E-state index in [4.69, 9.17) is 44.1 Å². The summed E-state index contributed by atoms with van der Waals surface area (Å²) >= 11 is 13.3. The molecule has 0 radical (unpaired) electrons. The predicted octanol–water partition coefficient (Wildman–Crippen LogP) is 6.00. The Morgan fingerprint density at radius 1 is 0.667 bits per heavy atom. The highest BCUT2D eigenvalue weighted by Crippen LogP contribution is 2.45. The van der Waals surface area contributed by atoms with Gasteiger partial charge in [0, 0.05) is 46.5 Å². The molecule has 4 N–H and O–H groups in total. The molecule has 0 fully saturated rings. The van der Waals surface area contributed by atoms with Crippen molar-refractivity contribution in [3.63, 3.8) is 0 Å². The summed E-state index contributed by atoms with van der Waals surface area (Å²) in [7, 11) is 2.93. The topological polar surface area (TPSA) is 96.3 Å². The maximum Gasteiger partial charge on any atom is 0.218 e. The molecule has 0 atom stereocenters. The second kappa shape index (κ2) is 10.8. The van der Waals surface area contributed by atoms with E-state index in [1.807, 2.05) is 0 Å². The van der Waals surface area contributed by atoms with Gasteiger partial charge in [0.15, 0.2) is 0 Å². The molecule has 0 bridgehead atoms. The molecule has 2 heterocycles. The molecule has 10 heteroatoms. The van der Waals surface area contributed by atoms with E-state index in [-0.39, 0.29) is 34.3 Å². The molecule has 0 aliphatic rings. The Morgan fingerprint density at radius 3 is 1.39 bits per heavy atom.